The van der Waals surface area contributed by atoms with Crippen molar-refractivity contribution in [3.8, 4) is 0 Å². The summed E-state index contributed by atoms with van der Waals surface area (Å²) in [5.41, 5.74) is 2.83. The maximum Gasteiger partial charge on any atom is 0.0352 e. The predicted octanol–water partition coefficient (Wildman–Crippen LogP) is 4.45. The highest BCUT2D eigenvalue weighted by Gasteiger charge is 2.33. The number of rotatable bonds is 4. The Morgan fingerprint density at radius 3 is 2.37 bits per heavy atom. The maximum absolute atomic E-state index is 3.55. The molecule has 1 nitrogen and oxygen atoms in total. The minimum atomic E-state index is 0.470. The Morgan fingerprint density at radius 1 is 1.05 bits per heavy atom. The van der Waals surface area contributed by atoms with E-state index in [0.717, 1.165) is 11.8 Å². The van der Waals surface area contributed by atoms with Gasteiger partial charge in [0.05, 0.1) is 0 Å². The van der Waals surface area contributed by atoms with E-state index in [9.17, 15) is 0 Å². The first-order chi connectivity index (χ1) is 9.22. The quantitative estimate of drug-likeness (QED) is 0.848. The third-order valence-corrected chi connectivity index (χ3v) is 4.71. The lowest BCUT2D eigenvalue weighted by Gasteiger charge is -2.25. The van der Waals surface area contributed by atoms with E-state index in [2.05, 4.69) is 62.6 Å². The van der Waals surface area contributed by atoms with Crippen molar-refractivity contribution in [1.82, 2.24) is 5.32 Å². The summed E-state index contributed by atoms with van der Waals surface area (Å²) in [6, 6.07) is 13.8. The summed E-state index contributed by atoms with van der Waals surface area (Å²) in [7, 11) is 2.10. The van der Waals surface area contributed by atoms with E-state index in [1.54, 1.807) is 0 Å². The fraction of sp³-hybridized carbons (Fsp3) is 0.444. The molecule has 0 radical (unpaired) electrons. The molecule has 0 aliphatic heterocycles. The summed E-state index contributed by atoms with van der Waals surface area (Å²) in [6.07, 6.45) is 2.81. The van der Waals surface area contributed by atoms with Crippen LogP contribution in [0.15, 0.2) is 36.4 Å². The second-order valence-corrected chi connectivity index (χ2v) is 5.98. The number of benzene rings is 2. The number of nitrogens with one attached hydrogen (secondary N) is 1. The van der Waals surface area contributed by atoms with Crippen LogP contribution in [0.25, 0.3) is 10.8 Å². The van der Waals surface area contributed by atoms with Gasteiger partial charge in [-0.05, 0) is 60.5 Å². The zero-order valence-electron chi connectivity index (χ0n) is 12.1. The summed E-state index contributed by atoms with van der Waals surface area (Å²) in [4.78, 5) is 0. The molecule has 1 aliphatic rings. The molecule has 0 amide bonds. The van der Waals surface area contributed by atoms with Crippen molar-refractivity contribution in [1.29, 1.82) is 0 Å². The topological polar surface area (TPSA) is 12.0 Å². The SMILES string of the molecule is CNC(c1ccc(C)c2ccccc12)C(C)C1CC1. The molecule has 19 heavy (non-hydrogen) atoms. The van der Waals surface area contributed by atoms with Gasteiger partial charge in [0.2, 0.25) is 0 Å². The molecular formula is C18H23N. The molecule has 0 saturated heterocycles. The Bertz CT molecular complexity index is 583. The summed E-state index contributed by atoms with van der Waals surface area (Å²) in [5.74, 6) is 1.63. The molecule has 0 spiro atoms. The number of aryl methyl sites for hydroxylation is 1. The second kappa shape index (κ2) is 4.97. The van der Waals surface area contributed by atoms with Crippen LogP contribution in [0.2, 0.25) is 0 Å². The molecular weight excluding hydrogens is 230 g/mol. The third kappa shape index (κ3) is 2.28. The fourth-order valence-corrected chi connectivity index (χ4v) is 3.34. The van der Waals surface area contributed by atoms with Crippen LogP contribution in [0, 0.1) is 18.8 Å². The monoisotopic (exact) mass is 253 g/mol. The van der Waals surface area contributed by atoms with Crippen LogP contribution < -0.4 is 5.32 Å². The largest absolute Gasteiger partial charge is 0.313 e. The molecule has 3 rings (SSSR count). The minimum absolute atomic E-state index is 0.470. The summed E-state index contributed by atoms with van der Waals surface area (Å²) in [6.45, 7) is 4.60. The summed E-state index contributed by atoms with van der Waals surface area (Å²) < 4.78 is 0. The van der Waals surface area contributed by atoms with E-state index in [1.165, 1.54) is 34.7 Å². The van der Waals surface area contributed by atoms with Crippen LogP contribution in [0.3, 0.4) is 0 Å². The Morgan fingerprint density at radius 2 is 1.74 bits per heavy atom. The smallest absolute Gasteiger partial charge is 0.0352 e. The van der Waals surface area contributed by atoms with Gasteiger partial charge in [-0.2, -0.15) is 0 Å². The Labute approximate surface area is 116 Å². The number of hydrogen-bond donors (Lipinski definition) is 1. The Balaban J connectivity index is 2.10. The predicted molar refractivity (Wildman–Crippen MR) is 82.4 cm³/mol. The van der Waals surface area contributed by atoms with E-state index >= 15 is 0 Å². The van der Waals surface area contributed by atoms with Gasteiger partial charge in [-0.1, -0.05) is 43.3 Å². The molecule has 0 aromatic heterocycles. The molecule has 100 valence electrons. The molecule has 2 aromatic rings. The zero-order chi connectivity index (χ0) is 13.4. The first-order valence-corrected chi connectivity index (χ1v) is 7.38. The summed E-state index contributed by atoms with van der Waals surface area (Å²) in [5, 5.41) is 6.35. The lowest BCUT2D eigenvalue weighted by atomic mass is 9.87. The third-order valence-electron chi connectivity index (χ3n) is 4.71. The van der Waals surface area contributed by atoms with Gasteiger partial charge in [-0.25, -0.2) is 0 Å². The van der Waals surface area contributed by atoms with Gasteiger partial charge in [0.1, 0.15) is 0 Å². The van der Waals surface area contributed by atoms with E-state index in [4.69, 9.17) is 0 Å². The normalized spacial score (nSPS) is 18.5. The van der Waals surface area contributed by atoms with Gasteiger partial charge in [0, 0.05) is 6.04 Å². The van der Waals surface area contributed by atoms with Crippen molar-refractivity contribution in [2.75, 3.05) is 7.05 Å². The van der Waals surface area contributed by atoms with E-state index in [-0.39, 0.29) is 0 Å². The van der Waals surface area contributed by atoms with Crippen molar-refractivity contribution in [2.24, 2.45) is 11.8 Å². The molecule has 1 N–H and O–H groups in total. The van der Waals surface area contributed by atoms with Crippen molar-refractivity contribution in [3.63, 3.8) is 0 Å². The molecule has 2 atom stereocenters. The van der Waals surface area contributed by atoms with Crippen LogP contribution in [-0.2, 0) is 0 Å². The van der Waals surface area contributed by atoms with Crippen molar-refractivity contribution >= 4 is 10.8 Å². The molecule has 1 aliphatic carbocycles. The Kier molecular flexibility index (Phi) is 3.32. The van der Waals surface area contributed by atoms with Crippen LogP contribution in [-0.4, -0.2) is 7.05 Å². The summed E-state index contributed by atoms with van der Waals surface area (Å²) >= 11 is 0. The van der Waals surface area contributed by atoms with E-state index in [1.807, 2.05) is 0 Å². The van der Waals surface area contributed by atoms with Crippen LogP contribution >= 0.6 is 0 Å². The average molecular weight is 253 g/mol. The van der Waals surface area contributed by atoms with Gasteiger partial charge >= 0.3 is 0 Å². The van der Waals surface area contributed by atoms with Gasteiger partial charge in [-0.15, -0.1) is 0 Å². The molecule has 2 unspecified atom stereocenters. The highest BCUT2D eigenvalue weighted by Crippen LogP contribution is 2.43. The van der Waals surface area contributed by atoms with Crippen molar-refractivity contribution in [3.05, 3.63) is 47.5 Å². The van der Waals surface area contributed by atoms with Gasteiger partial charge < -0.3 is 5.32 Å². The lowest BCUT2D eigenvalue weighted by Crippen LogP contribution is -2.25. The van der Waals surface area contributed by atoms with Crippen LogP contribution in [0.1, 0.15) is 36.9 Å². The standard InChI is InChI=1S/C18H23N/c1-12-8-11-17(16-7-5-4-6-15(12)16)18(19-3)13(2)14-9-10-14/h4-8,11,13-14,18-19H,9-10H2,1-3H3. The van der Waals surface area contributed by atoms with Gasteiger partial charge in [0.25, 0.3) is 0 Å². The molecule has 2 aromatic carbocycles. The molecule has 0 heterocycles. The number of fused-ring (bicyclic) bond motifs is 1. The first kappa shape index (κ1) is 12.7. The van der Waals surface area contributed by atoms with Crippen molar-refractivity contribution < 1.29 is 0 Å². The van der Waals surface area contributed by atoms with E-state index in [0.29, 0.717) is 6.04 Å². The highest BCUT2D eigenvalue weighted by atomic mass is 14.9. The maximum atomic E-state index is 3.55. The fourth-order valence-electron chi connectivity index (χ4n) is 3.34. The first-order valence-electron chi connectivity index (χ1n) is 7.38. The molecule has 0 bridgehead atoms. The van der Waals surface area contributed by atoms with Crippen LogP contribution in [0.4, 0.5) is 0 Å². The highest BCUT2D eigenvalue weighted by molar-refractivity contribution is 5.88. The lowest BCUT2D eigenvalue weighted by molar-refractivity contribution is 0.371. The number of hydrogen-bond acceptors (Lipinski definition) is 1. The van der Waals surface area contributed by atoms with Crippen molar-refractivity contribution in [2.45, 2.75) is 32.7 Å². The van der Waals surface area contributed by atoms with Gasteiger partial charge in [-0.3, -0.25) is 0 Å². The average Bonchev–Trinajstić information content (AvgIpc) is 3.26. The minimum Gasteiger partial charge on any atom is -0.313 e. The van der Waals surface area contributed by atoms with Gasteiger partial charge in [0.15, 0.2) is 0 Å². The molecule has 1 fully saturated rings. The van der Waals surface area contributed by atoms with Crippen LogP contribution in [0.5, 0.6) is 0 Å². The molecule has 1 heteroatoms. The zero-order valence-corrected chi connectivity index (χ0v) is 12.1. The molecule has 1 saturated carbocycles. The second-order valence-electron chi connectivity index (χ2n) is 5.98. The van der Waals surface area contributed by atoms with E-state index < -0.39 is 0 Å². The Hall–Kier alpha value is -1.34.